The van der Waals surface area contributed by atoms with Crippen molar-refractivity contribution in [3.63, 3.8) is 0 Å². The predicted octanol–water partition coefficient (Wildman–Crippen LogP) is 4.35. The van der Waals surface area contributed by atoms with Crippen molar-refractivity contribution in [1.82, 2.24) is 9.97 Å². The maximum atomic E-state index is 13.6. The maximum absolute atomic E-state index is 13.6. The van der Waals surface area contributed by atoms with Crippen molar-refractivity contribution in [2.45, 2.75) is 19.8 Å². The molecule has 0 atom stereocenters. The third-order valence-electron chi connectivity index (χ3n) is 2.87. The molecule has 0 aliphatic carbocycles. The molecule has 6 heteroatoms. The number of rotatable bonds is 3. The minimum atomic E-state index is -0.938. The van der Waals surface area contributed by atoms with Crippen molar-refractivity contribution in [1.29, 1.82) is 0 Å². The number of halogens is 3. The molecule has 3 nitrogen and oxygen atoms in total. The summed E-state index contributed by atoms with van der Waals surface area (Å²) in [5, 5.41) is 2.94. The first kappa shape index (κ1) is 14.8. The molecule has 2 rings (SSSR count). The van der Waals surface area contributed by atoms with E-state index in [4.69, 9.17) is 0 Å². The third kappa shape index (κ3) is 2.80. The van der Waals surface area contributed by atoms with Crippen LogP contribution in [0.25, 0.3) is 11.4 Å². The molecule has 0 aliphatic heterocycles. The summed E-state index contributed by atoms with van der Waals surface area (Å²) in [6, 6.07) is 4.36. The Morgan fingerprint density at radius 2 is 1.90 bits per heavy atom. The summed E-state index contributed by atoms with van der Waals surface area (Å²) < 4.78 is 26.8. The van der Waals surface area contributed by atoms with Crippen molar-refractivity contribution in [3.05, 3.63) is 40.0 Å². The van der Waals surface area contributed by atoms with Crippen molar-refractivity contribution >= 4 is 21.7 Å². The van der Waals surface area contributed by atoms with Crippen LogP contribution in [0.5, 0.6) is 0 Å². The zero-order chi connectivity index (χ0) is 14.9. The summed E-state index contributed by atoms with van der Waals surface area (Å²) in [5.41, 5.74) is 1.25. The third-order valence-corrected chi connectivity index (χ3v) is 3.64. The standard InChI is InChI=1S/C14H14BrF2N3/c1-7(2)10-6-11(18-3)20-14(19-10)8-4-5-9(16)13(17)12(8)15/h4-7H,1-3H3,(H,18,19,20). The van der Waals surface area contributed by atoms with Gasteiger partial charge in [0.05, 0.1) is 4.47 Å². The van der Waals surface area contributed by atoms with Crippen molar-refractivity contribution in [2.24, 2.45) is 0 Å². The van der Waals surface area contributed by atoms with Crippen LogP contribution in [0.15, 0.2) is 22.7 Å². The van der Waals surface area contributed by atoms with Crippen molar-refractivity contribution in [2.75, 3.05) is 12.4 Å². The van der Waals surface area contributed by atoms with Gasteiger partial charge in [-0.05, 0) is 34.0 Å². The lowest BCUT2D eigenvalue weighted by atomic mass is 10.1. The Hall–Kier alpha value is -1.56. The number of nitrogens with zero attached hydrogens (tertiary/aromatic N) is 2. The Bertz CT molecular complexity index is 645. The molecular weight excluding hydrogens is 328 g/mol. The molecule has 0 spiro atoms. The van der Waals surface area contributed by atoms with Crippen LogP contribution in [0.1, 0.15) is 25.5 Å². The monoisotopic (exact) mass is 341 g/mol. The van der Waals surface area contributed by atoms with E-state index in [0.29, 0.717) is 17.2 Å². The van der Waals surface area contributed by atoms with Gasteiger partial charge in [0.2, 0.25) is 0 Å². The van der Waals surface area contributed by atoms with E-state index in [1.807, 2.05) is 19.9 Å². The molecule has 0 fully saturated rings. The zero-order valence-corrected chi connectivity index (χ0v) is 12.9. The summed E-state index contributed by atoms with van der Waals surface area (Å²) in [5.74, 6) is -0.656. The maximum Gasteiger partial charge on any atom is 0.173 e. The Labute approximate surface area is 124 Å². The van der Waals surface area contributed by atoms with Gasteiger partial charge in [-0.1, -0.05) is 13.8 Å². The molecule has 0 saturated carbocycles. The molecule has 2 aromatic rings. The second-order valence-corrected chi connectivity index (χ2v) is 5.42. The van der Waals surface area contributed by atoms with Crippen LogP contribution in [0.2, 0.25) is 0 Å². The summed E-state index contributed by atoms with van der Waals surface area (Å²) >= 11 is 3.06. The molecule has 1 N–H and O–H groups in total. The van der Waals surface area contributed by atoms with Crippen molar-refractivity contribution in [3.8, 4) is 11.4 Å². The lowest BCUT2D eigenvalue weighted by molar-refractivity contribution is 0.504. The van der Waals surface area contributed by atoms with E-state index in [9.17, 15) is 8.78 Å². The Morgan fingerprint density at radius 1 is 1.20 bits per heavy atom. The van der Waals surface area contributed by atoms with Crippen LogP contribution in [-0.4, -0.2) is 17.0 Å². The molecule has 0 bridgehead atoms. The number of hydrogen-bond donors (Lipinski definition) is 1. The van der Waals surface area contributed by atoms with Crippen LogP contribution in [0, 0.1) is 11.6 Å². The quantitative estimate of drug-likeness (QED) is 0.843. The van der Waals surface area contributed by atoms with Crippen LogP contribution in [-0.2, 0) is 0 Å². The highest BCUT2D eigenvalue weighted by atomic mass is 79.9. The second-order valence-electron chi connectivity index (χ2n) is 4.63. The first-order valence-corrected chi connectivity index (χ1v) is 6.94. The number of anilines is 1. The van der Waals surface area contributed by atoms with E-state index >= 15 is 0 Å². The number of nitrogens with one attached hydrogen (secondary N) is 1. The molecular formula is C14H14BrF2N3. The van der Waals surface area contributed by atoms with Gasteiger partial charge in [-0.3, -0.25) is 0 Å². The number of benzene rings is 1. The molecule has 106 valence electrons. The van der Waals surface area contributed by atoms with Gasteiger partial charge in [0.25, 0.3) is 0 Å². The highest BCUT2D eigenvalue weighted by molar-refractivity contribution is 9.10. The lowest BCUT2D eigenvalue weighted by Gasteiger charge is -2.11. The SMILES string of the molecule is CNc1cc(C(C)C)nc(-c2ccc(F)c(F)c2Br)n1. The van der Waals surface area contributed by atoms with Gasteiger partial charge in [0.1, 0.15) is 5.82 Å². The topological polar surface area (TPSA) is 37.8 Å². The summed E-state index contributed by atoms with van der Waals surface area (Å²) in [7, 11) is 1.75. The fourth-order valence-corrected chi connectivity index (χ4v) is 2.21. The van der Waals surface area contributed by atoms with Gasteiger partial charge in [0.15, 0.2) is 17.5 Å². The largest absolute Gasteiger partial charge is 0.373 e. The van der Waals surface area contributed by atoms with E-state index in [0.717, 1.165) is 11.8 Å². The van der Waals surface area contributed by atoms with Crippen molar-refractivity contribution < 1.29 is 8.78 Å². The van der Waals surface area contributed by atoms with Crippen LogP contribution >= 0.6 is 15.9 Å². The Kier molecular flexibility index (Phi) is 4.32. The first-order valence-electron chi connectivity index (χ1n) is 6.14. The molecule has 1 heterocycles. The highest BCUT2D eigenvalue weighted by Crippen LogP contribution is 2.31. The minimum Gasteiger partial charge on any atom is -0.373 e. The second kappa shape index (κ2) is 5.83. The molecule has 20 heavy (non-hydrogen) atoms. The van der Waals surface area contributed by atoms with E-state index in [1.54, 1.807) is 7.05 Å². The summed E-state index contributed by atoms with van der Waals surface area (Å²) in [4.78, 5) is 8.71. The van der Waals surface area contributed by atoms with Crippen LogP contribution in [0.4, 0.5) is 14.6 Å². The summed E-state index contributed by atoms with van der Waals surface area (Å²) in [6.07, 6.45) is 0. The fourth-order valence-electron chi connectivity index (χ4n) is 1.71. The van der Waals surface area contributed by atoms with Gasteiger partial charge >= 0.3 is 0 Å². The van der Waals surface area contributed by atoms with Crippen LogP contribution < -0.4 is 5.32 Å². The Morgan fingerprint density at radius 3 is 2.50 bits per heavy atom. The average Bonchev–Trinajstić information content (AvgIpc) is 2.44. The molecule has 0 saturated heterocycles. The molecule has 1 aromatic carbocycles. The number of hydrogen-bond acceptors (Lipinski definition) is 3. The molecule has 0 unspecified atom stereocenters. The van der Waals surface area contributed by atoms with Crippen LogP contribution in [0.3, 0.4) is 0 Å². The lowest BCUT2D eigenvalue weighted by Crippen LogP contribution is -2.03. The van der Waals surface area contributed by atoms with Gasteiger partial charge in [-0.15, -0.1) is 0 Å². The van der Waals surface area contributed by atoms with Gasteiger partial charge in [0, 0.05) is 24.4 Å². The van der Waals surface area contributed by atoms with E-state index in [1.165, 1.54) is 6.07 Å². The van der Waals surface area contributed by atoms with E-state index < -0.39 is 11.6 Å². The molecule has 0 amide bonds. The normalized spacial score (nSPS) is 10.9. The Balaban J connectivity index is 2.63. The zero-order valence-electron chi connectivity index (χ0n) is 11.3. The minimum absolute atomic E-state index is 0.0282. The molecule has 0 aliphatic rings. The predicted molar refractivity (Wildman–Crippen MR) is 78.7 cm³/mol. The average molecular weight is 342 g/mol. The smallest absolute Gasteiger partial charge is 0.173 e. The number of aromatic nitrogens is 2. The van der Waals surface area contributed by atoms with Gasteiger partial charge < -0.3 is 5.32 Å². The molecule has 1 aromatic heterocycles. The van der Waals surface area contributed by atoms with Gasteiger partial charge in [-0.25, -0.2) is 18.7 Å². The van der Waals surface area contributed by atoms with E-state index in [-0.39, 0.29) is 10.4 Å². The molecule has 0 radical (unpaired) electrons. The summed E-state index contributed by atoms with van der Waals surface area (Å²) in [6.45, 7) is 4.01. The fraction of sp³-hybridized carbons (Fsp3) is 0.286. The first-order chi connectivity index (χ1) is 9.43. The van der Waals surface area contributed by atoms with Gasteiger partial charge in [-0.2, -0.15) is 0 Å². The highest BCUT2D eigenvalue weighted by Gasteiger charge is 2.16. The van der Waals surface area contributed by atoms with E-state index in [2.05, 4.69) is 31.2 Å².